The second kappa shape index (κ2) is 6.95. The van der Waals surface area contributed by atoms with Gasteiger partial charge in [0.25, 0.3) is 0 Å². The number of Topliss-reactive ketones (excluding diaryl/α,β-unsaturated/α-hetero) is 1. The minimum atomic E-state index is -0.390. The molecule has 0 unspecified atom stereocenters. The number of carbonyl (C=O) groups is 1. The van der Waals surface area contributed by atoms with Crippen molar-refractivity contribution >= 4 is 27.6 Å². The molecule has 29 heavy (non-hydrogen) atoms. The lowest BCUT2D eigenvalue weighted by Gasteiger charge is -2.34. The predicted octanol–water partition coefficient (Wildman–Crippen LogP) is 5.84. The summed E-state index contributed by atoms with van der Waals surface area (Å²) in [6.45, 7) is 1.85. The quantitative estimate of drug-likeness (QED) is 0.530. The van der Waals surface area contributed by atoms with Crippen LogP contribution in [0.3, 0.4) is 0 Å². The van der Waals surface area contributed by atoms with Crippen LogP contribution in [0.2, 0.25) is 0 Å². The summed E-state index contributed by atoms with van der Waals surface area (Å²) in [5, 5.41) is 7.40. The molecule has 3 aromatic rings. The molecule has 0 spiro atoms. The number of halogens is 2. The molecule has 146 valence electrons. The molecule has 1 aliphatic heterocycles. The van der Waals surface area contributed by atoms with Gasteiger partial charge in [-0.25, -0.2) is 4.39 Å². The summed E-state index contributed by atoms with van der Waals surface area (Å²) in [6.07, 6.45) is 1.12. The Labute approximate surface area is 175 Å². The monoisotopic (exact) mass is 452 g/mol. The summed E-state index contributed by atoms with van der Waals surface area (Å²) in [6, 6.07) is 15.1. The molecule has 2 aromatic carbocycles. The summed E-state index contributed by atoms with van der Waals surface area (Å²) in [4.78, 5) is 13.3. The van der Waals surface area contributed by atoms with Crippen molar-refractivity contribution in [3.8, 4) is 0 Å². The first kappa shape index (κ1) is 18.3. The lowest BCUT2D eigenvalue weighted by atomic mass is 9.72. The normalized spacial score (nSPS) is 20.9. The Morgan fingerprint density at radius 1 is 1.14 bits per heavy atom. The number of carbonyl (C=O) groups excluding carboxylic acids is 1. The summed E-state index contributed by atoms with van der Waals surface area (Å²) in [5.74, 6) is -0.0327. The largest absolute Gasteiger partial charge is 0.338 e. The van der Waals surface area contributed by atoms with Gasteiger partial charge in [-0.3, -0.25) is 4.79 Å². The van der Waals surface area contributed by atoms with Crippen molar-refractivity contribution in [2.45, 2.75) is 31.6 Å². The number of allylic oxidation sites excluding steroid dienone is 2. The van der Waals surface area contributed by atoms with Crippen molar-refractivity contribution in [1.29, 1.82) is 0 Å². The minimum Gasteiger partial charge on any atom is -0.338 e. The smallest absolute Gasteiger partial charge is 0.233 e. The van der Waals surface area contributed by atoms with Gasteiger partial charge in [-0.2, -0.15) is 0 Å². The highest BCUT2D eigenvalue weighted by Gasteiger charge is 2.41. The molecular weight excluding hydrogens is 435 g/mol. The minimum absolute atomic E-state index is 0.0761. The number of hydrogen-bond donors (Lipinski definition) is 1. The number of nitrogens with one attached hydrogen (secondary N) is 1. The van der Waals surface area contributed by atoms with Gasteiger partial charge in [0.2, 0.25) is 5.88 Å². The topological polar surface area (TPSA) is 55.1 Å². The van der Waals surface area contributed by atoms with Crippen LogP contribution >= 0.6 is 15.9 Å². The van der Waals surface area contributed by atoms with Crippen molar-refractivity contribution in [2.75, 3.05) is 5.32 Å². The van der Waals surface area contributed by atoms with E-state index in [0.717, 1.165) is 22.4 Å². The van der Waals surface area contributed by atoms with Crippen LogP contribution < -0.4 is 5.32 Å². The van der Waals surface area contributed by atoms with Crippen LogP contribution in [0.15, 0.2) is 68.8 Å². The molecule has 5 rings (SSSR count). The maximum absolute atomic E-state index is 14.3. The molecule has 0 fully saturated rings. The number of aromatic nitrogens is 1. The fraction of sp³-hybridized carbons (Fsp3) is 0.217. The lowest BCUT2D eigenvalue weighted by Crippen LogP contribution is -2.29. The standard InChI is InChI=1S/C23H18BrFN2O2/c1-12-20-21(14-7-8-16(24)17(25)9-14)22-18(26-23(20)29-27-12)10-15(11-19(22)28)13-5-3-2-4-6-13/h2-9,15,21,26H,10-11H2,1H3/t15-,21+/m1/s1. The van der Waals surface area contributed by atoms with Crippen LogP contribution in [0.1, 0.15) is 47.1 Å². The average Bonchev–Trinajstić information content (AvgIpc) is 3.09. The van der Waals surface area contributed by atoms with Gasteiger partial charge in [-0.15, -0.1) is 0 Å². The number of aryl methyl sites for hydroxylation is 1. The van der Waals surface area contributed by atoms with Gasteiger partial charge in [0, 0.05) is 23.6 Å². The summed E-state index contributed by atoms with van der Waals surface area (Å²) in [7, 11) is 0. The Balaban J connectivity index is 1.64. The maximum atomic E-state index is 14.3. The number of ketones is 1. The van der Waals surface area contributed by atoms with E-state index in [1.807, 2.05) is 31.2 Å². The van der Waals surface area contributed by atoms with Crippen LogP contribution in [-0.2, 0) is 4.79 Å². The Bertz CT molecular complexity index is 1150. The second-order valence-electron chi connectivity index (χ2n) is 7.57. The van der Waals surface area contributed by atoms with E-state index in [9.17, 15) is 9.18 Å². The number of nitrogens with zero attached hydrogens (tertiary/aromatic N) is 1. The molecule has 4 nitrogen and oxygen atoms in total. The van der Waals surface area contributed by atoms with Crippen LogP contribution in [0.5, 0.6) is 0 Å². The molecule has 0 saturated heterocycles. The number of benzene rings is 2. The first-order chi connectivity index (χ1) is 14.0. The summed E-state index contributed by atoms with van der Waals surface area (Å²) >= 11 is 3.21. The number of anilines is 1. The fourth-order valence-electron chi connectivity index (χ4n) is 4.46. The Hall–Kier alpha value is -2.73. The van der Waals surface area contributed by atoms with Crippen LogP contribution in [0.4, 0.5) is 10.3 Å². The van der Waals surface area contributed by atoms with E-state index in [2.05, 4.69) is 38.5 Å². The van der Waals surface area contributed by atoms with Crippen molar-refractivity contribution in [1.82, 2.24) is 5.16 Å². The molecule has 6 heteroatoms. The highest BCUT2D eigenvalue weighted by atomic mass is 79.9. The van der Waals surface area contributed by atoms with Gasteiger partial charge in [0.1, 0.15) is 5.82 Å². The molecule has 1 aliphatic carbocycles. The fourth-order valence-corrected chi connectivity index (χ4v) is 4.71. The third-order valence-electron chi connectivity index (χ3n) is 5.81. The van der Waals surface area contributed by atoms with Gasteiger partial charge < -0.3 is 9.84 Å². The Morgan fingerprint density at radius 3 is 2.69 bits per heavy atom. The summed E-state index contributed by atoms with van der Waals surface area (Å²) in [5.41, 5.74) is 4.89. The zero-order chi connectivity index (χ0) is 20.1. The predicted molar refractivity (Wildman–Crippen MR) is 111 cm³/mol. The van der Waals surface area contributed by atoms with E-state index < -0.39 is 0 Å². The molecule has 0 amide bonds. The van der Waals surface area contributed by atoms with Crippen LogP contribution in [0.25, 0.3) is 0 Å². The third-order valence-corrected chi connectivity index (χ3v) is 6.45. The number of hydrogen-bond acceptors (Lipinski definition) is 4. The van der Waals surface area contributed by atoms with Crippen LogP contribution in [-0.4, -0.2) is 10.9 Å². The highest BCUT2D eigenvalue weighted by Crippen LogP contribution is 2.49. The van der Waals surface area contributed by atoms with E-state index in [1.165, 1.54) is 6.07 Å². The van der Waals surface area contributed by atoms with E-state index in [-0.39, 0.29) is 23.4 Å². The second-order valence-corrected chi connectivity index (χ2v) is 8.43. The molecule has 2 atom stereocenters. The van der Waals surface area contributed by atoms with E-state index in [0.29, 0.717) is 34.5 Å². The lowest BCUT2D eigenvalue weighted by molar-refractivity contribution is -0.116. The Kier molecular flexibility index (Phi) is 4.39. The SMILES string of the molecule is Cc1noc2c1[C@H](c1ccc(Br)c(F)c1)C1=C(C[C@@H](c3ccccc3)CC1=O)N2. The van der Waals surface area contributed by atoms with E-state index >= 15 is 0 Å². The molecule has 0 saturated carbocycles. The van der Waals surface area contributed by atoms with E-state index in [4.69, 9.17) is 4.52 Å². The number of rotatable bonds is 2. The van der Waals surface area contributed by atoms with Gasteiger partial charge in [-0.05, 0) is 58.5 Å². The molecule has 2 aliphatic rings. The number of fused-ring (bicyclic) bond motifs is 1. The van der Waals surface area contributed by atoms with Gasteiger partial charge in [0.15, 0.2) is 5.78 Å². The van der Waals surface area contributed by atoms with Gasteiger partial charge in [-0.1, -0.05) is 41.6 Å². The molecule has 2 heterocycles. The van der Waals surface area contributed by atoms with Gasteiger partial charge in [0.05, 0.1) is 15.7 Å². The van der Waals surface area contributed by atoms with Crippen molar-refractivity contribution < 1.29 is 13.7 Å². The summed E-state index contributed by atoms with van der Waals surface area (Å²) < 4.78 is 20.2. The molecular formula is C23H18BrFN2O2. The highest BCUT2D eigenvalue weighted by molar-refractivity contribution is 9.10. The van der Waals surface area contributed by atoms with Crippen molar-refractivity contribution in [3.63, 3.8) is 0 Å². The zero-order valence-electron chi connectivity index (χ0n) is 15.7. The first-order valence-corrected chi connectivity index (χ1v) is 10.3. The molecule has 1 N–H and O–H groups in total. The van der Waals surface area contributed by atoms with Crippen molar-refractivity contribution in [3.05, 3.63) is 92.5 Å². The third kappa shape index (κ3) is 3.02. The molecule has 0 bridgehead atoms. The van der Waals surface area contributed by atoms with Crippen LogP contribution in [0, 0.1) is 12.7 Å². The molecule has 0 radical (unpaired) electrons. The van der Waals surface area contributed by atoms with Gasteiger partial charge >= 0.3 is 0 Å². The Morgan fingerprint density at radius 2 is 1.93 bits per heavy atom. The first-order valence-electron chi connectivity index (χ1n) is 9.52. The van der Waals surface area contributed by atoms with E-state index in [1.54, 1.807) is 6.07 Å². The maximum Gasteiger partial charge on any atom is 0.233 e. The average molecular weight is 453 g/mol. The molecule has 1 aromatic heterocycles. The zero-order valence-corrected chi connectivity index (χ0v) is 17.3. The van der Waals surface area contributed by atoms with Crippen molar-refractivity contribution in [2.24, 2.45) is 0 Å².